The van der Waals surface area contributed by atoms with Gasteiger partial charge in [-0.05, 0) is 54.9 Å². The number of benzene rings is 1. The van der Waals surface area contributed by atoms with Crippen molar-refractivity contribution in [3.05, 3.63) is 29.5 Å². The van der Waals surface area contributed by atoms with Gasteiger partial charge in [-0.2, -0.15) is 0 Å². The molecule has 1 aliphatic carbocycles. The predicted molar refractivity (Wildman–Crippen MR) is 104 cm³/mol. The lowest BCUT2D eigenvalue weighted by Crippen LogP contribution is -2.67. The second-order valence-corrected chi connectivity index (χ2v) is 8.52. The summed E-state index contributed by atoms with van der Waals surface area (Å²) in [6.07, 6.45) is 4.20. The first kappa shape index (κ1) is 17.1. The molecule has 4 bridgehead atoms. The normalized spacial score (nSPS) is 34.2. The molecule has 2 saturated heterocycles. The molecule has 5 nitrogen and oxygen atoms in total. The molecule has 5 atom stereocenters. The number of rotatable bonds is 3. The van der Waals surface area contributed by atoms with E-state index in [0.717, 1.165) is 49.3 Å². The number of carbonyl (C=O) groups is 1. The van der Waals surface area contributed by atoms with E-state index in [4.69, 9.17) is 9.47 Å². The van der Waals surface area contributed by atoms with Gasteiger partial charge in [-0.25, -0.2) is 0 Å². The van der Waals surface area contributed by atoms with Gasteiger partial charge in [0.05, 0.1) is 14.2 Å². The fourth-order valence-corrected chi connectivity index (χ4v) is 6.42. The number of piperidine rings is 2. The number of aromatic amines is 1. The number of nitrogens with one attached hydrogen (secondary N) is 1. The zero-order valence-electron chi connectivity index (χ0n) is 16.4. The molecule has 0 amide bonds. The Morgan fingerprint density at radius 3 is 2.96 bits per heavy atom. The van der Waals surface area contributed by atoms with Crippen LogP contribution in [0.25, 0.3) is 10.9 Å². The molecule has 1 saturated carbocycles. The van der Waals surface area contributed by atoms with Crippen LogP contribution in [0.1, 0.15) is 37.4 Å². The number of hydrogen-bond donors (Lipinski definition) is 1. The number of aromatic nitrogens is 1. The highest BCUT2D eigenvalue weighted by Crippen LogP contribution is 2.55. The Morgan fingerprint density at radius 1 is 1.37 bits per heavy atom. The van der Waals surface area contributed by atoms with Crippen LogP contribution in [0.4, 0.5) is 0 Å². The van der Waals surface area contributed by atoms with Crippen molar-refractivity contribution in [2.24, 2.45) is 11.8 Å². The Balaban J connectivity index is 1.79. The molecule has 6 rings (SSSR count). The van der Waals surface area contributed by atoms with Crippen molar-refractivity contribution in [2.45, 2.75) is 44.1 Å². The van der Waals surface area contributed by atoms with Gasteiger partial charge in [0, 0.05) is 35.7 Å². The molecule has 1 N–H and O–H groups in total. The fraction of sp³-hybridized carbons (Fsp3) is 0.591. The molecule has 3 aliphatic heterocycles. The molecule has 1 unspecified atom stereocenters. The van der Waals surface area contributed by atoms with E-state index in [-0.39, 0.29) is 12.0 Å². The van der Waals surface area contributed by atoms with Crippen molar-refractivity contribution in [1.29, 1.82) is 0 Å². The molecule has 27 heavy (non-hydrogen) atoms. The highest BCUT2D eigenvalue weighted by Gasteiger charge is 2.62. The van der Waals surface area contributed by atoms with Crippen molar-refractivity contribution >= 4 is 16.9 Å². The van der Waals surface area contributed by atoms with Crippen LogP contribution in [0, 0.1) is 11.8 Å². The van der Waals surface area contributed by atoms with Crippen LogP contribution in [0.5, 0.6) is 5.75 Å². The summed E-state index contributed by atoms with van der Waals surface area (Å²) in [5, 5.41) is 1.19. The summed E-state index contributed by atoms with van der Waals surface area (Å²) in [6, 6.07) is 6.40. The van der Waals surface area contributed by atoms with E-state index in [1.54, 1.807) is 14.2 Å². The summed E-state index contributed by atoms with van der Waals surface area (Å²) >= 11 is 0. The van der Waals surface area contributed by atoms with Crippen LogP contribution in [-0.2, 0) is 21.4 Å². The Bertz CT molecular complexity index is 904. The zero-order valence-corrected chi connectivity index (χ0v) is 16.4. The molecule has 5 heteroatoms. The van der Waals surface area contributed by atoms with E-state index >= 15 is 0 Å². The maximum Gasteiger partial charge on any atom is 0.319 e. The van der Waals surface area contributed by atoms with Crippen LogP contribution >= 0.6 is 0 Å². The van der Waals surface area contributed by atoms with E-state index in [0.29, 0.717) is 11.8 Å². The standard InChI is InChI=1S/C22H28N2O3/c1-4-14-9-13-11-22(21(25)27-3)19-16(7-8-24(12-13)20(14)22)17-10-15(26-2)5-6-18(17)23-19/h5-6,10,13-14,20,23H,4,7-9,11-12H2,1-3H3/t13-,14+,20+,22-/m0/s1. The van der Waals surface area contributed by atoms with Crippen molar-refractivity contribution in [2.75, 3.05) is 27.3 Å². The monoisotopic (exact) mass is 368 g/mol. The first-order chi connectivity index (χ1) is 13.1. The number of esters is 1. The highest BCUT2D eigenvalue weighted by molar-refractivity contribution is 5.92. The third-order valence-electron chi connectivity index (χ3n) is 7.37. The van der Waals surface area contributed by atoms with E-state index in [1.165, 1.54) is 17.4 Å². The van der Waals surface area contributed by atoms with Gasteiger partial charge in [0.15, 0.2) is 0 Å². The minimum absolute atomic E-state index is 0.0676. The largest absolute Gasteiger partial charge is 0.497 e. The minimum Gasteiger partial charge on any atom is -0.497 e. The topological polar surface area (TPSA) is 54.6 Å². The summed E-state index contributed by atoms with van der Waals surface area (Å²) in [4.78, 5) is 19.6. The van der Waals surface area contributed by atoms with E-state index in [2.05, 4.69) is 28.9 Å². The number of ether oxygens (including phenoxy) is 2. The molecule has 2 aromatic rings. The highest BCUT2D eigenvalue weighted by atomic mass is 16.5. The summed E-state index contributed by atoms with van der Waals surface area (Å²) in [6.45, 7) is 4.39. The Morgan fingerprint density at radius 2 is 2.22 bits per heavy atom. The van der Waals surface area contributed by atoms with Crippen LogP contribution in [0.15, 0.2) is 18.2 Å². The van der Waals surface area contributed by atoms with E-state index in [1.807, 2.05) is 6.07 Å². The van der Waals surface area contributed by atoms with Crippen LogP contribution < -0.4 is 4.74 Å². The summed E-state index contributed by atoms with van der Waals surface area (Å²) in [7, 11) is 3.24. The third kappa shape index (κ3) is 2.18. The number of fused-ring (bicyclic) bond motifs is 4. The van der Waals surface area contributed by atoms with Gasteiger partial charge in [0.1, 0.15) is 11.2 Å². The molecular weight excluding hydrogens is 340 g/mol. The average Bonchev–Trinajstić information content (AvgIpc) is 3.04. The third-order valence-corrected chi connectivity index (χ3v) is 7.37. The number of nitrogens with zero attached hydrogens (tertiary/aromatic N) is 1. The minimum atomic E-state index is -0.575. The molecule has 4 aliphatic rings. The lowest BCUT2D eigenvalue weighted by Gasteiger charge is -2.57. The quantitative estimate of drug-likeness (QED) is 0.845. The van der Waals surface area contributed by atoms with E-state index in [9.17, 15) is 4.79 Å². The second-order valence-electron chi connectivity index (χ2n) is 8.52. The number of hydrogen-bond acceptors (Lipinski definition) is 4. The van der Waals surface area contributed by atoms with Gasteiger partial charge < -0.3 is 14.5 Å². The first-order valence-electron chi connectivity index (χ1n) is 10.1. The van der Waals surface area contributed by atoms with Crippen molar-refractivity contribution < 1.29 is 14.3 Å². The maximum absolute atomic E-state index is 13.4. The van der Waals surface area contributed by atoms with Crippen molar-refractivity contribution in [3.63, 3.8) is 0 Å². The molecule has 0 radical (unpaired) electrons. The van der Waals surface area contributed by atoms with E-state index < -0.39 is 5.41 Å². The summed E-state index contributed by atoms with van der Waals surface area (Å²) in [5.74, 6) is 1.90. The molecular formula is C22H28N2O3. The SMILES string of the molecule is CC[C@@H]1C[C@@H]2CN3CCc4c([nH]c5ccc(OC)cc45)[C@@](C(=O)OC)(C2)[C@@H]13. The van der Waals surface area contributed by atoms with Crippen LogP contribution in [0.2, 0.25) is 0 Å². The van der Waals surface area contributed by atoms with Gasteiger partial charge in [-0.1, -0.05) is 13.3 Å². The first-order valence-corrected chi connectivity index (χ1v) is 10.1. The fourth-order valence-electron chi connectivity index (χ4n) is 6.42. The Labute approximate surface area is 160 Å². The predicted octanol–water partition coefficient (Wildman–Crippen LogP) is 3.26. The molecule has 3 fully saturated rings. The van der Waals surface area contributed by atoms with Gasteiger partial charge in [0.25, 0.3) is 0 Å². The Hall–Kier alpha value is -2.01. The molecule has 4 heterocycles. The number of carbonyl (C=O) groups excluding carboxylic acids is 1. The zero-order chi connectivity index (χ0) is 18.8. The van der Waals surface area contributed by atoms with Gasteiger partial charge in [-0.3, -0.25) is 9.69 Å². The molecule has 1 aromatic heterocycles. The van der Waals surface area contributed by atoms with Gasteiger partial charge >= 0.3 is 5.97 Å². The maximum atomic E-state index is 13.4. The van der Waals surface area contributed by atoms with Gasteiger partial charge in [-0.15, -0.1) is 0 Å². The average molecular weight is 368 g/mol. The smallest absolute Gasteiger partial charge is 0.319 e. The number of H-pyrrole nitrogens is 1. The second kappa shape index (κ2) is 5.99. The number of methoxy groups -OCH3 is 2. The van der Waals surface area contributed by atoms with Gasteiger partial charge in [0.2, 0.25) is 0 Å². The lowest BCUT2D eigenvalue weighted by molar-refractivity contribution is -0.162. The molecule has 1 aromatic carbocycles. The lowest BCUT2D eigenvalue weighted by atomic mass is 9.56. The van der Waals surface area contributed by atoms with Crippen LogP contribution in [0.3, 0.4) is 0 Å². The molecule has 0 spiro atoms. The van der Waals surface area contributed by atoms with Crippen LogP contribution in [-0.4, -0.2) is 49.2 Å². The Kier molecular flexibility index (Phi) is 3.80. The van der Waals surface area contributed by atoms with Crippen molar-refractivity contribution in [1.82, 2.24) is 9.88 Å². The molecule has 144 valence electrons. The summed E-state index contributed by atoms with van der Waals surface area (Å²) < 4.78 is 10.9. The van der Waals surface area contributed by atoms with Crippen molar-refractivity contribution in [3.8, 4) is 5.75 Å². The summed E-state index contributed by atoms with van der Waals surface area (Å²) in [5.41, 5.74) is 2.90.